The molecule has 1 heteroatoms. The first kappa shape index (κ1) is 5.72. The Bertz CT molecular complexity index is 92.4. The van der Waals surface area contributed by atoms with Crippen LogP contribution in [0.5, 0.6) is 0 Å². The number of hydrogen-bond acceptors (Lipinski definition) is 1. The molecule has 0 heterocycles. The summed E-state index contributed by atoms with van der Waals surface area (Å²) in [5, 5.41) is 0. The highest BCUT2D eigenvalue weighted by Gasteiger charge is 2.48. The molecule has 0 aromatic rings. The number of rotatable bonds is 1. The van der Waals surface area contributed by atoms with Crippen LogP contribution in [0.3, 0.4) is 0 Å². The molecule has 2 aliphatic carbocycles. The predicted molar refractivity (Wildman–Crippen MR) is 38.0 cm³/mol. The molecule has 1 unspecified atom stereocenters. The van der Waals surface area contributed by atoms with Gasteiger partial charge in [-0.05, 0) is 37.1 Å². The normalized spacial score (nSPS) is 48.3. The van der Waals surface area contributed by atoms with Crippen LogP contribution >= 0.6 is 0 Å². The first-order chi connectivity index (χ1) is 4.43. The molecule has 0 radical (unpaired) electrons. The van der Waals surface area contributed by atoms with Gasteiger partial charge in [0.1, 0.15) is 0 Å². The number of nitrogens with two attached hydrogens (primary N) is 1. The third kappa shape index (κ3) is 0.787. The van der Waals surface area contributed by atoms with Crippen LogP contribution in [-0.4, -0.2) is 6.54 Å². The van der Waals surface area contributed by atoms with Crippen LogP contribution in [0.15, 0.2) is 0 Å². The quantitative estimate of drug-likeness (QED) is 0.563. The van der Waals surface area contributed by atoms with Crippen LogP contribution in [0.1, 0.15) is 25.7 Å². The SMILES string of the molecule is NCC1[C@H]2CCCC[C@@H]12. The van der Waals surface area contributed by atoms with Gasteiger partial charge in [-0.25, -0.2) is 0 Å². The van der Waals surface area contributed by atoms with Crippen LogP contribution in [0, 0.1) is 17.8 Å². The fourth-order valence-corrected chi connectivity index (χ4v) is 2.49. The molecule has 1 nitrogen and oxygen atoms in total. The van der Waals surface area contributed by atoms with E-state index in [1.165, 1.54) is 25.7 Å². The van der Waals surface area contributed by atoms with Crippen molar-refractivity contribution in [1.29, 1.82) is 0 Å². The summed E-state index contributed by atoms with van der Waals surface area (Å²) in [5.41, 5.74) is 5.59. The monoisotopic (exact) mass is 125 g/mol. The zero-order valence-corrected chi connectivity index (χ0v) is 5.84. The van der Waals surface area contributed by atoms with Crippen LogP contribution in [0.4, 0.5) is 0 Å². The Morgan fingerprint density at radius 2 is 1.67 bits per heavy atom. The number of hydrogen-bond donors (Lipinski definition) is 1. The molecule has 2 fully saturated rings. The predicted octanol–water partition coefficient (Wildman–Crippen LogP) is 1.38. The summed E-state index contributed by atoms with van der Waals surface area (Å²) in [6.07, 6.45) is 5.90. The van der Waals surface area contributed by atoms with Crippen molar-refractivity contribution >= 4 is 0 Å². The van der Waals surface area contributed by atoms with Gasteiger partial charge in [-0.1, -0.05) is 12.8 Å². The fourth-order valence-electron chi connectivity index (χ4n) is 2.49. The fraction of sp³-hybridized carbons (Fsp3) is 1.00. The smallest absolute Gasteiger partial charge is 0.00434 e. The average Bonchev–Trinajstić information content (AvgIpc) is 2.60. The molecule has 0 saturated heterocycles. The van der Waals surface area contributed by atoms with Gasteiger partial charge in [-0.2, -0.15) is 0 Å². The lowest BCUT2D eigenvalue weighted by Gasteiger charge is -2.04. The Hall–Kier alpha value is -0.0400. The van der Waals surface area contributed by atoms with Crippen molar-refractivity contribution in [2.75, 3.05) is 6.54 Å². The minimum atomic E-state index is 0.937. The van der Waals surface area contributed by atoms with Gasteiger partial charge in [-0.15, -0.1) is 0 Å². The second-order valence-electron chi connectivity index (χ2n) is 3.51. The Morgan fingerprint density at radius 3 is 2.11 bits per heavy atom. The minimum Gasteiger partial charge on any atom is -0.330 e. The molecule has 0 bridgehead atoms. The van der Waals surface area contributed by atoms with Crippen molar-refractivity contribution < 1.29 is 0 Å². The molecule has 3 atom stereocenters. The number of fused-ring (bicyclic) bond motifs is 1. The molecule has 2 N–H and O–H groups in total. The lowest BCUT2D eigenvalue weighted by Crippen LogP contribution is -2.02. The molecule has 0 aromatic heterocycles. The summed E-state index contributed by atoms with van der Waals surface area (Å²) < 4.78 is 0. The highest BCUT2D eigenvalue weighted by atomic mass is 14.7. The molecule has 2 saturated carbocycles. The highest BCUT2D eigenvalue weighted by molar-refractivity contribution is 4.99. The maximum Gasteiger partial charge on any atom is -0.00434 e. The van der Waals surface area contributed by atoms with Gasteiger partial charge in [-0.3, -0.25) is 0 Å². The van der Waals surface area contributed by atoms with E-state index in [-0.39, 0.29) is 0 Å². The van der Waals surface area contributed by atoms with Crippen LogP contribution < -0.4 is 5.73 Å². The van der Waals surface area contributed by atoms with Crippen molar-refractivity contribution in [2.24, 2.45) is 23.5 Å². The van der Waals surface area contributed by atoms with Crippen molar-refractivity contribution in [3.05, 3.63) is 0 Å². The van der Waals surface area contributed by atoms with E-state index in [1.54, 1.807) is 0 Å². The third-order valence-corrected chi connectivity index (χ3v) is 3.11. The van der Waals surface area contributed by atoms with Crippen molar-refractivity contribution in [1.82, 2.24) is 0 Å². The molecular formula is C8H15N. The van der Waals surface area contributed by atoms with Gasteiger partial charge in [0.25, 0.3) is 0 Å². The maximum atomic E-state index is 5.59. The highest BCUT2D eigenvalue weighted by Crippen LogP contribution is 2.54. The van der Waals surface area contributed by atoms with Crippen LogP contribution in [-0.2, 0) is 0 Å². The summed E-state index contributed by atoms with van der Waals surface area (Å²) in [7, 11) is 0. The van der Waals surface area contributed by atoms with E-state index in [1.807, 2.05) is 0 Å². The molecule has 2 rings (SSSR count). The van der Waals surface area contributed by atoms with E-state index >= 15 is 0 Å². The molecule has 9 heavy (non-hydrogen) atoms. The standard InChI is InChI=1S/C8H15N/c9-5-8-6-3-1-2-4-7(6)8/h6-8H,1-5,9H2/t6-,7+,8?. The summed E-state index contributed by atoms with van der Waals surface area (Å²) in [6, 6.07) is 0. The Balaban J connectivity index is 1.91. The molecule has 0 aliphatic heterocycles. The summed E-state index contributed by atoms with van der Waals surface area (Å²) in [5.74, 6) is 3.06. The van der Waals surface area contributed by atoms with Crippen LogP contribution in [0.2, 0.25) is 0 Å². The second kappa shape index (κ2) is 1.98. The summed E-state index contributed by atoms with van der Waals surface area (Å²) in [4.78, 5) is 0. The minimum absolute atomic E-state index is 0.937. The summed E-state index contributed by atoms with van der Waals surface area (Å²) >= 11 is 0. The van der Waals surface area contributed by atoms with Crippen molar-refractivity contribution in [2.45, 2.75) is 25.7 Å². The van der Waals surface area contributed by atoms with E-state index in [0.29, 0.717) is 0 Å². The van der Waals surface area contributed by atoms with Gasteiger partial charge < -0.3 is 5.73 Å². The van der Waals surface area contributed by atoms with Crippen LogP contribution in [0.25, 0.3) is 0 Å². The van der Waals surface area contributed by atoms with E-state index in [4.69, 9.17) is 5.73 Å². The van der Waals surface area contributed by atoms with Gasteiger partial charge in [0.05, 0.1) is 0 Å². The molecule has 0 spiro atoms. The zero-order chi connectivity index (χ0) is 6.27. The lowest BCUT2D eigenvalue weighted by atomic mass is 10.0. The topological polar surface area (TPSA) is 26.0 Å². The van der Waals surface area contributed by atoms with E-state index in [9.17, 15) is 0 Å². The molecular weight excluding hydrogens is 110 g/mol. The van der Waals surface area contributed by atoms with Gasteiger partial charge in [0.15, 0.2) is 0 Å². The van der Waals surface area contributed by atoms with Gasteiger partial charge in [0, 0.05) is 0 Å². The Labute approximate surface area is 56.6 Å². The average molecular weight is 125 g/mol. The van der Waals surface area contributed by atoms with Crippen molar-refractivity contribution in [3.63, 3.8) is 0 Å². The zero-order valence-electron chi connectivity index (χ0n) is 5.84. The van der Waals surface area contributed by atoms with E-state index in [0.717, 1.165) is 24.3 Å². The largest absolute Gasteiger partial charge is 0.330 e. The third-order valence-electron chi connectivity index (χ3n) is 3.11. The van der Waals surface area contributed by atoms with E-state index in [2.05, 4.69) is 0 Å². The Morgan fingerprint density at radius 1 is 1.11 bits per heavy atom. The van der Waals surface area contributed by atoms with Gasteiger partial charge >= 0.3 is 0 Å². The molecule has 0 aromatic carbocycles. The first-order valence-corrected chi connectivity index (χ1v) is 4.13. The Kier molecular flexibility index (Phi) is 1.26. The summed E-state index contributed by atoms with van der Waals surface area (Å²) in [6.45, 7) is 0.954. The van der Waals surface area contributed by atoms with E-state index < -0.39 is 0 Å². The first-order valence-electron chi connectivity index (χ1n) is 4.13. The second-order valence-corrected chi connectivity index (χ2v) is 3.51. The molecule has 2 aliphatic rings. The van der Waals surface area contributed by atoms with Crippen molar-refractivity contribution in [3.8, 4) is 0 Å². The lowest BCUT2D eigenvalue weighted by molar-refractivity contribution is 0.480. The van der Waals surface area contributed by atoms with Gasteiger partial charge in [0.2, 0.25) is 0 Å². The molecule has 52 valence electrons. The maximum absolute atomic E-state index is 5.59. The molecule has 0 amide bonds.